The highest BCUT2D eigenvalue weighted by molar-refractivity contribution is 5.72. The standard InChI is InChI=1S/C29H30FN7O/c1-4-25-28(23-10-12-24(30)13-11-23)36(14-15-38-18-22-8-6-5-7-9-22)35-29(25)33-26-17-27(32-19-31-26)37-21(3)16-20(2)34-37/h5-13,16-17,19H,4,14-15,18H2,1-3H3,(H,31,32,33,35). The summed E-state index contributed by atoms with van der Waals surface area (Å²) in [4.78, 5) is 8.81. The van der Waals surface area contributed by atoms with Crippen LogP contribution in [0.25, 0.3) is 17.1 Å². The van der Waals surface area contributed by atoms with Crippen molar-refractivity contribution in [2.24, 2.45) is 0 Å². The van der Waals surface area contributed by atoms with E-state index in [1.165, 1.54) is 18.5 Å². The van der Waals surface area contributed by atoms with Crippen molar-refractivity contribution in [2.45, 2.75) is 40.3 Å². The SMILES string of the molecule is CCc1c(Nc2cc(-n3nc(C)cc3C)ncn2)nn(CCOCc2ccccc2)c1-c1ccc(F)cc1. The number of aromatic nitrogens is 6. The maximum absolute atomic E-state index is 13.7. The summed E-state index contributed by atoms with van der Waals surface area (Å²) in [7, 11) is 0. The van der Waals surface area contributed by atoms with Crippen molar-refractivity contribution >= 4 is 11.6 Å². The molecule has 1 N–H and O–H groups in total. The predicted octanol–water partition coefficient (Wildman–Crippen LogP) is 5.80. The molecule has 5 rings (SSSR count). The highest BCUT2D eigenvalue weighted by Gasteiger charge is 2.19. The van der Waals surface area contributed by atoms with Gasteiger partial charge in [-0.15, -0.1) is 0 Å². The molecule has 0 fully saturated rings. The van der Waals surface area contributed by atoms with Gasteiger partial charge >= 0.3 is 0 Å². The highest BCUT2D eigenvalue weighted by atomic mass is 19.1. The van der Waals surface area contributed by atoms with Crippen LogP contribution in [0.5, 0.6) is 0 Å². The van der Waals surface area contributed by atoms with E-state index in [2.05, 4.69) is 27.3 Å². The average molecular weight is 512 g/mol. The Kier molecular flexibility index (Phi) is 7.55. The third-order valence-corrected chi connectivity index (χ3v) is 6.21. The molecule has 0 aliphatic heterocycles. The lowest BCUT2D eigenvalue weighted by Gasteiger charge is -2.10. The van der Waals surface area contributed by atoms with E-state index in [1.807, 2.05) is 61.0 Å². The number of nitrogens with zero attached hydrogens (tertiary/aromatic N) is 6. The molecule has 5 aromatic rings. The molecular formula is C29H30FN7O. The number of benzene rings is 2. The maximum Gasteiger partial charge on any atom is 0.159 e. The monoisotopic (exact) mass is 511 g/mol. The fourth-order valence-corrected chi connectivity index (χ4v) is 4.46. The van der Waals surface area contributed by atoms with Crippen molar-refractivity contribution in [3.05, 3.63) is 101 Å². The summed E-state index contributed by atoms with van der Waals surface area (Å²) >= 11 is 0. The number of anilines is 2. The van der Waals surface area contributed by atoms with E-state index in [9.17, 15) is 4.39 Å². The summed E-state index contributed by atoms with van der Waals surface area (Å²) in [6, 6.07) is 20.4. The van der Waals surface area contributed by atoms with Crippen molar-refractivity contribution in [3.63, 3.8) is 0 Å². The Balaban J connectivity index is 1.43. The molecule has 3 heterocycles. The van der Waals surface area contributed by atoms with Gasteiger partial charge in [-0.05, 0) is 56.2 Å². The first-order valence-electron chi connectivity index (χ1n) is 12.6. The van der Waals surface area contributed by atoms with Gasteiger partial charge in [-0.2, -0.15) is 10.2 Å². The van der Waals surface area contributed by atoms with Gasteiger partial charge in [0.05, 0.1) is 31.1 Å². The minimum absolute atomic E-state index is 0.278. The van der Waals surface area contributed by atoms with Crippen LogP contribution in [-0.2, 0) is 24.3 Å². The van der Waals surface area contributed by atoms with Gasteiger partial charge in [0.1, 0.15) is 18.0 Å². The minimum atomic E-state index is -0.278. The van der Waals surface area contributed by atoms with E-state index in [4.69, 9.17) is 9.84 Å². The van der Waals surface area contributed by atoms with Gasteiger partial charge in [0.15, 0.2) is 11.6 Å². The zero-order valence-corrected chi connectivity index (χ0v) is 21.7. The summed E-state index contributed by atoms with van der Waals surface area (Å²) in [5.74, 6) is 1.68. The van der Waals surface area contributed by atoms with Crippen molar-refractivity contribution in [1.29, 1.82) is 0 Å². The van der Waals surface area contributed by atoms with Crippen LogP contribution in [0.3, 0.4) is 0 Å². The van der Waals surface area contributed by atoms with Crippen LogP contribution in [0.4, 0.5) is 16.0 Å². The highest BCUT2D eigenvalue weighted by Crippen LogP contribution is 2.32. The quantitative estimate of drug-likeness (QED) is 0.239. The Labute approximate surface area is 221 Å². The van der Waals surface area contributed by atoms with Crippen molar-refractivity contribution in [1.82, 2.24) is 29.5 Å². The molecule has 8 nitrogen and oxygen atoms in total. The van der Waals surface area contributed by atoms with Crippen LogP contribution in [0.2, 0.25) is 0 Å². The van der Waals surface area contributed by atoms with Gasteiger partial charge in [-0.25, -0.2) is 19.0 Å². The maximum atomic E-state index is 13.7. The first-order valence-corrected chi connectivity index (χ1v) is 12.6. The topological polar surface area (TPSA) is 82.7 Å². The van der Waals surface area contributed by atoms with E-state index < -0.39 is 0 Å². The van der Waals surface area contributed by atoms with E-state index in [-0.39, 0.29) is 5.82 Å². The molecule has 0 aliphatic rings. The molecule has 2 aromatic carbocycles. The Morgan fingerprint density at radius 2 is 1.74 bits per heavy atom. The molecule has 0 spiro atoms. The van der Waals surface area contributed by atoms with Gasteiger partial charge in [-0.1, -0.05) is 37.3 Å². The normalized spacial score (nSPS) is 11.2. The number of nitrogens with one attached hydrogen (secondary N) is 1. The lowest BCUT2D eigenvalue weighted by molar-refractivity contribution is 0.111. The third-order valence-electron chi connectivity index (χ3n) is 6.21. The van der Waals surface area contributed by atoms with Crippen LogP contribution in [-0.4, -0.2) is 36.1 Å². The van der Waals surface area contributed by atoms with Crippen LogP contribution in [0.1, 0.15) is 29.4 Å². The van der Waals surface area contributed by atoms with Crippen LogP contribution < -0.4 is 5.32 Å². The first kappa shape index (κ1) is 25.3. The fraction of sp³-hybridized carbons (Fsp3) is 0.241. The van der Waals surface area contributed by atoms with Gasteiger partial charge in [0.2, 0.25) is 0 Å². The summed E-state index contributed by atoms with van der Waals surface area (Å²) in [5, 5.41) is 12.8. The van der Waals surface area contributed by atoms with Crippen LogP contribution in [0, 0.1) is 19.7 Å². The van der Waals surface area contributed by atoms with Crippen molar-refractivity contribution in [3.8, 4) is 17.1 Å². The molecule has 38 heavy (non-hydrogen) atoms. The van der Waals surface area contributed by atoms with Gasteiger partial charge < -0.3 is 10.1 Å². The number of rotatable bonds is 10. The van der Waals surface area contributed by atoms with E-state index >= 15 is 0 Å². The third kappa shape index (κ3) is 5.63. The molecule has 0 unspecified atom stereocenters. The summed E-state index contributed by atoms with van der Waals surface area (Å²) in [6.07, 6.45) is 2.23. The first-order chi connectivity index (χ1) is 18.5. The summed E-state index contributed by atoms with van der Waals surface area (Å²) < 4.78 is 23.4. The number of hydrogen-bond donors (Lipinski definition) is 1. The number of halogens is 1. The molecule has 9 heteroatoms. The largest absolute Gasteiger partial charge is 0.375 e. The Bertz CT molecular complexity index is 1510. The Hall–Kier alpha value is -4.37. The molecular weight excluding hydrogens is 481 g/mol. The van der Waals surface area contributed by atoms with Gasteiger partial charge in [-0.3, -0.25) is 4.68 Å². The molecule has 0 aliphatic carbocycles. The lowest BCUT2D eigenvalue weighted by atomic mass is 10.1. The van der Waals surface area contributed by atoms with Crippen molar-refractivity contribution in [2.75, 3.05) is 11.9 Å². The second kappa shape index (κ2) is 11.4. The second-order valence-electron chi connectivity index (χ2n) is 9.02. The molecule has 0 atom stereocenters. The number of hydrogen-bond acceptors (Lipinski definition) is 6. The smallest absolute Gasteiger partial charge is 0.159 e. The Morgan fingerprint density at radius 3 is 2.45 bits per heavy atom. The molecule has 0 radical (unpaired) electrons. The van der Waals surface area contributed by atoms with E-state index in [0.29, 0.717) is 37.2 Å². The summed E-state index contributed by atoms with van der Waals surface area (Å²) in [6.45, 7) is 7.55. The molecule has 0 amide bonds. The lowest BCUT2D eigenvalue weighted by Crippen LogP contribution is -2.09. The number of aryl methyl sites for hydroxylation is 2. The molecule has 0 bridgehead atoms. The van der Waals surface area contributed by atoms with E-state index in [1.54, 1.807) is 16.8 Å². The van der Waals surface area contributed by atoms with Crippen molar-refractivity contribution < 1.29 is 9.13 Å². The minimum Gasteiger partial charge on any atom is -0.375 e. The summed E-state index contributed by atoms with van der Waals surface area (Å²) in [5.41, 5.74) is 5.83. The number of ether oxygens (including phenoxy) is 1. The zero-order valence-electron chi connectivity index (χ0n) is 21.7. The molecule has 0 saturated heterocycles. The van der Waals surface area contributed by atoms with E-state index in [0.717, 1.165) is 40.2 Å². The second-order valence-corrected chi connectivity index (χ2v) is 9.02. The predicted molar refractivity (Wildman–Crippen MR) is 145 cm³/mol. The molecule has 3 aromatic heterocycles. The van der Waals surface area contributed by atoms with Gasteiger partial charge in [0, 0.05) is 22.9 Å². The van der Waals surface area contributed by atoms with Crippen LogP contribution in [0.15, 0.2) is 73.1 Å². The molecule has 0 saturated carbocycles. The van der Waals surface area contributed by atoms with Gasteiger partial charge in [0.25, 0.3) is 0 Å². The van der Waals surface area contributed by atoms with Crippen LogP contribution >= 0.6 is 0 Å². The zero-order chi connectivity index (χ0) is 26.5. The Morgan fingerprint density at radius 1 is 0.947 bits per heavy atom. The average Bonchev–Trinajstić information content (AvgIpc) is 3.45. The molecule has 194 valence electrons. The fourth-order valence-electron chi connectivity index (χ4n) is 4.46.